The molecule has 0 saturated heterocycles. The van der Waals surface area contributed by atoms with Crippen molar-refractivity contribution in [2.45, 2.75) is 18.9 Å². The van der Waals surface area contributed by atoms with Crippen LogP contribution < -0.4 is 24.8 Å². The molecule has 1 aliphatic heterocycles. The molecule has 0 bridgehead atoms. The number of methoxy groups -OCH3 is 2. The number of anilines is 1. The number of hydrogen-bond donors (Lipinski definition) is 2. The molecule has 33 heavy (non-hydrogen) atoms. The Kier molecular flexibility index (Phi) is 6.78. The number of carbonyl (C=O) groups excluding carboxylic acids is 2. The molecule has 0 radical (unpaired) electrons. The van der Waals surface area contributed by atoms with Crippen LogP contribution in [0.4, 0.5) is 5.69 Å². The summed E-state index contributed by atoms with van der Waals surface area (Å²) in [6, 6.07) is 20.2. The number of aryl methyl sites for hydroxylation is 1. The van der Waals surface area contributed by atoms with Gasteiger partial charge in [-0.3, -0.25) is 9.59 Å². The number of rotatable bonds is 8. The first-order chi connectivity index (χ1) is 16.1. The minimum absolute atomic E-state index is 0.0126. The van der Waals surface area contributed by atoms with Crippen LogP contribution in [0.3, 0.4) is 0 Å². The van der Waals surface area contributed by atoms with Crippen molar-refractivity contribution in [3.8, 4) is 17.2 Å². The molecule has 7 heteroatoms. The second kappa shape index (κ2) is 10.1. The highest BCUT2D eigenvalue weighted by molar-refractivity contribution is 5.94. The number of fused-ring (bicyclic) bond motifs is 1. The highest BCUT2D eigenvalue weighted by atomic mass is 16.5. The summed E-state index contributed by atoms with van der Waals surface area (Å²) in [6.45, 7) is -0.131. The van der Waals surface area contributed by atoms with E-state index in [9.17, 15) is 9.59 Å². The first-order valence-corrected chi connectivity index (χ1v) is 10.7. The van der Waals surface area contributed by atoms with Crippen LogP contribution in [0.25, 0.3) is 0 Å². The molecule has 0 aromatic heterocycles. The molecule has 1 heterocycles. The van der Waals surface area contributed by atoms with Crippen molar-refractivity contribution in [3.05, 3.63) is 83.4 Å². The molecule has 3 aromatic rings. The van der Waals surface area contributed by atoms with Gasteiger partial charge in [0.25, 0.3) is 5.91 Å². The lowest BCUT2D eigenvalue weighted by Gasteiger charge is -2.21. The zero-order chi connectivity index (χ0) is 23.2. The summed E-state index contributed by atoms with van der Waals surface area (Å²) in [7, 11) is 3.23. The van der Waals surface area contributed by atoms with Gasteiger partial charge in [0, 0.05) is 12.1 Å². The summed E-state index contributed by atoms with van der Waals surface area (Å²) in [5, 5.41) is 5.90. The number of carbonyl (C=O) groups is 2. The van der Waals surface area contributed by atoms with E-state index in [1.54, 1.807) is 26.4 Å². The van der Waals surface area contributed by atoms with Crippen molar-refractivity contribution in [2.75, 3.05) is 26.1 Å². The largest absolute Gasteiger partial charge is 0.497 e. The third kappa shape index (κ3) is 5.44. The van der Waals surface area contributed by atoms with Crippen LogP contribution in [0.15, 0.2) is 66.7 Å². The third-order valence-corrected chi connectivity index (χ3v) is 5.55. The quantitative estimate of drug-likeness (QED) is 0.549. The Balaban J connectivity index is 1.47. The molecule has 0 spiro atoms. The van der Waals surface area contributed by atoms with E-state index in [0.717, 1.165) is 33.9 Å². The topological polar surface area (TPSA) is 85.9 Å². The van der Waals surface area contributed by atoms with Crippen molar-refractivity contribution in [1.82, 2.24) is 5.32 Å². The maximum atomic E-state index is 12.8. The number of hydrogen-bond acceptors (Lipinski definition) is 5. The maximum absolute atomic E-state index is 12.8. The van der Waals surface area contributed by atoms with Gasteiger partial charge in [-0.15, -0.1) is 0 Å². The Morgan fingerprint density at radius 1 is 0.879 bits per heavy atom. The summed E-state index contributed by atoms with van der Waals surface area (Å²) in [4.78, 5) is 24.3. The Labute approximate surface area is 192 Å². The Morgan fingerprint density at radius 3 is 2.03 bits per heavy atom. The van der Waals surface area contributed by atoms with Crippen LogP contribution in [0, 0.1) is 0 Å². The first kappa shape index (κ1) is 22.2. The summed E-state index contributed by atoms with van der Waals surface area (Å²) in [5.41, 5.74) is 3.63. The Morgan fingerprint density at radius 2 is 1.45 bits per heavy atom. The average molecular weight is 447 g/mol. The highest BCUT2D eigenvalue weighted by Gasteiger charge is 2.19. The third-order valence-electron chi connectivity index (χ3n) is 5.55. The van der Waals surface area contributed by atoms with Crippen LogP contribution >= 0.6 is 0 Å². The second-order valence-corrected chi connectivity index (χ2v) is 7.70. The van der Waals surface area contributed by atoms with Crippen LogP contribution in [0.1, 0.15) is 29.2 Å². The predicted molar refractivity (Wildman–Crippen MR) is 125 cm³/mol. The van der Waals surface area contributed by atoms with Crippen LogP contribution in [0.2, 0.25) is 0 Å². The standard InChI is InChI=1S/C26H26N2O5/c1-31-20-8-3-17(4-9-20)26(18-5-10-21(32-2)11-6-18)28-25(30)16-33-22-12-13-23-19(15-22)7-14-24(29)27-23/h3-6,8-13,15,26H,7,14,16H2,1-2H3,(H,27,29)(H,28,30). The van der Waals surface area contributed by atoms with E-state index >= 15 is 0 Å². The summed E-state index contributed by atoms with van der Waals surface area (Å²) in [5.74, 6) is 1.83. The van der Waals surface area contributed by atoms with Crippen molar-refractivity contribution in [1.29, 1.82) is 0 Å². The van der Waals surface area contributed by atoms with Gasteiger partial charge in [0.2, 0.25) is 5.91 Å². The molecule has 4 rings (SSSR count). The van der Waals surface area contributed by atoms with Gasteiger partial charge in [-0.25, -0.2) is 0 Å². The van der Waals surface area contributed by atoms with E-state index in [-0.39, 0.29) is 24.5 Å². The molecular formula is C26H26N2O5. The minimum Gasteiger partial charge on any atom is -0.497 e. The number of nitrogens with one attached hydrogen (secondary N) is 2. The maximum Gasteiger partial charge on any atom is 0.258 e. The SMILES string of the molecule is COc1ccc(C(NC(=O)COc2ccc3c(c2)CCC(=O)N3)c2ccc(OC)cc2)cc1. The molecule has 170 valence electrons. The number of amides is 2. The number of benzene rings is 3. The Bertz CT molecular complexity index is 1080. The van der Waals surface area contributed by atoms with Gasteiger partial charge in [0.05, 0.1) is 20.3 Å². The fraction of sp³-hybridized carbons (Fsp3) is 0.231. The van der Waals surface area contributed by atoms with Gasteiger partial charge >= 0.3 is 0 Å². The molecule has 2 amide bonds. The first-order valence-electron chi connectivity index (χ1n) is 10.7. The van der Waals surface area contributed by atoms with Gasteiger partial charge in [-0.1, -0.05) is 24.3 Å². The molecule has 0 atom stereocenters. The van der Waals surface area contributed by atoms with Gasteiger partial charge in [0.1, 0.15) is 17.2 Å². The monoisotopic (exact) mass is 446 g/mol. The van der Waals surface area contributed by atoms with Crippen LogP contribution in [0.5, 0.6) is 17.2 Å². The van der Waals surface area contributed by atoms with Crippen molar-refractivity contribution in [3.63, 3.8) is 0 Å². The fourth-order valence-corrected chi connectivity index (χ4v) is 3.75. The fourth-order valence-electron chi connectivity index (χ4n) is 3.75. The van der Waals surface area contributed by atoms with Crippen LogP contribution in [-0.2, 0) is 16.0 Å². The Hall–Kier alpha value is -4.00. The van der Waals surface area contributed by atoms with E-state index in [0.29, 0.717) is 18.6 Å². The smallest absolute Gasteiger partial charge is 0.258 e. The van der Waals surface area contributed by atoms with Gasteiger partial charge in [0.15, 0.2) is 6.61 Å². The predicted octanol–water partition coefficient (Wildman–Crippen LogP) is 3.87. The average Bonchev–Trinajstić information content (AvgIpc) is 2.86. The zero-order valence-electron chi connectivity index (χ0n) is 18.6. The molecule has 2 N–H and O–H groups in total. The van der Waals surface area contributed by atoms with E-state index in [4.69, 9.17) is 14.2 Å². The normalized spacial score (nSPS) is 12.5. The summed E-state index contributed by atoms with van der Waals surface area (Å²) in [6.07, 6.45) is 1.10. The van der Waals surface area contributed by atoms with E-state index in [1.807, 2.05) is 54.6 Å². The molecule has 7 nitrogen and oxygen atoms in total. The van der Waals surface area contributed by atoms with Gasteiger partial charge < -0.3 is 24.8 Å². The zero-order valence-corrected chi connectivity index (χ0v) is 18.6. The lowest BCUT2D eigenvalue weighted by atomic mass is 9.98. The van der Waals surface area contributed by atoms with Gasteiger partial charge in [-0.2, -0.15) is 0 Å². The molecule has 0 aliphatic carbocycles. The summed E-state index contributed by atoms with van der Waals surface area (Å²) < 4.78 is 16.2. The van der Waals surface area contributed by atoms with E-state index < -0.39 is 0 Å². The number of ether oxygens (including phenoxy) is 3. The molecule has 0 unspecified atom stereocenters. The molecule has 0 saturated carbocycles. The lowest BCUT2D eigenvalue weighted by molar-refractivity contribution is -0.123. The van der Waals surface area contributed by atoms with E-state index in [2.05, 4.69) is 10.6 Å². The summed E-state index contributed by atoms with van der Waals surface area (Å²) >= 11 is 0. The molecule has 3 aromatic carbocycles. The van der Waals surface area contributed by atoms with E-state index in [1.165, 1.54) is 0 Å². The molecule has 1 aliphatic rings. The molecule has 0 fully saturated rings. The van der Waals surface area contributed by atoms with Crippen molar-refractivity contribution < 1.29 is 23.8 Å². The molecular weight excluding hydrogens is 420 g/mol. The van der Waals surface area contributed by atoms with Crippen molar-refractivity contribution in [2.24, 2.45) is 0 Å². The lowest BCUT2D eigenvalue weighted by Crippen LogP contribution is -2.33. The van der Waals surface area contributed by atoms with Gasteiger partial charge in [-0.05, 0) is 65.6 Å². The minimum atomic E-state index is -0.364. The van der Waals surface area contributed by atoms with Crippen LogP contribution in [-0.4, -0.2) is 32.6 Å². The highest BCUT2D eigenvalue weighted by Crippen LogP contribution is 2.28. The van der Waals surface area contributed by atoms with Crippen molar-refractivity contribution >= 4 is 17.5 Å². The second-order valence-electron chi connectivity index (χ2n) is 7.70.